The molecular weight excluding hydrogens is 414 g/mol. The van der Waals surface area contributed by atoms with E-state index in [1.807, 2.05) is 38.1 Å². The molecule has 168 valence electrons. The van der Waals surface area contributed by atoms with Crippen LogP contribution in [0.25, 0.3) is 0 Å². The molecule has 1 saturated heterocycles. The summed E-state index contributed by atoms with van der Waals surface area (Å²) in [6.45, 7) is 6.74. The molecule has 0 atom stereocenters. The van der Waals surface area contributed by atoms with Crippen molar-refractivity contribution >= 4 is 23.3 Å². The minimum absolute atomic E-state index is 0.0674. The molecule has 2 aromatic rings. The van der Waals surface area contributed by atoms with Gasteiger partial charge in [0.15, 0.2) is 0 Å². The molecule has 1 aromatic carbocycles. The number of aryl methyl sites for hydroxylation is 2. The topological polar surface area (TPSA) is 74.7 Å². The average Bonchev–Trinajstić information content (AvgIpc) is 2.76. The maximum Gasteiger partial charge on any atom is 0.251 e. The van der Waals surface area contributed by atoms with Gasteiger partial charge in [-0.25, -0.2) is 4.98 Å². The van der Waals surface area contributed by atoms with Crippen molar-refractivity contribution in [2.75, 3.05) is 37.7 Å². The van der Waals surface area contributed by atoms with E-state index in [2.05, 4.69) is 15.2 Å². The molecule has 1 aliphatic heterocycles. The van der Waals surface area contributed by atoms with E-state index in [0.29, 0.717) is 23.1 Å². The van der Waals surface area contributed by atoms with E-state index in [4.69, 9.17) is 21.4 Å². The van der Waals surface area contributed by atoms with Gasteiger partial charge in [0.05, 0.1) is 18.2 Å². The van der Waals surface area contributed by atoms with E-state index in [1.165, 1.54) is 12.8 Å². The molecule has 31 heavy (non-hydrogen) atoms. The molecule has 1 aromatic heterocycles. The fourth-order valence-electron chi connectivity index (χ4n) is 4.19. The Labute approximate surface area is 189 Å². The lowest BCUT2D eigenvalue weighted by Crippen LogP contribution is -2.34. The van der Waals surface area contributed by atoms with Crippen LogP contribution in [0.5, 0.6) is 5.75 Å². The molecule has 0 unspecified atom stereocenters. The number of pyridine rings is 1. The van der Waals surface area contributed by atoms with E-state index in [-0.39, 0.29) is 19.1 Å². The first kappa shape index (κ1) is 23.4. The SMILES string of the molecule is Cc1cc(OCCCC2CCN(c3ccc(Cl)cn3)CC2)cc(C)c1C(=O)NCCO. The maximum atomic E-state index is 12.2. The summed E-state index contributed by atoms with van der Waals surface area (Å²) in [5.41, 5.74) is 2.42. The van der Waals surface area contributed by atoms with Crippen LogP contribution >= 0.6 is 11.6 Å². The van der Waals surface area contributed by atoms with Gasteiger partial charge in [0, 0.05) is 31.4 Å². The van der Waals surface area contributed by atoms with Gasteiger partial charge >= 0.3 is 0 Å². The molecule has 6 nitrogen and oxygen atoms in total. The van der Waals surface area contributed by atoms with Crippen LogP contribution in [0.15, 0.2) is 30.5 Å². The molecule has 7 heteroatoms. The number of aliphatic hydroxyl groups excluding tert-OH is 1. The number of carbonyl (C=O) groups excluding carboxylic acids is 1. The van der Waals surface area contributed by atoms with Crippen molar-refractivity contribution in [3.8, 4) is 5.75 Å². The van der Waals surface area contributed by atoms with Gasteiger partial charge in [-0.15, -0.1) is 0 Å². The minimum Gasteiger partial charge on any atom is -0.494 e. The monoisotopic (exact) mass is 445 g/mol. The number of nitrogens with one attached hydrogen (secondary N) is 1. The number of aliphatic hydroxyl groups is 1. The molecule has 1 aliphatic rings. The van der Waals surface area contributed by atoms with Crippen molar-refractivity contribution in [1.29, 1.82) is 0 Å². The largest absolute Gasteiger partial charge is 0.494 e. The number of nitrogens with zero attached hydrogens (tertiary/aromatic N) is 2. The summed E-state index contributed by atoms with van der Waals surface area (Å²) in [4.78, 5) is 19.0. The highest BCUT2D eigenvalue weighted by molar-refractivity contribution is 6.30. The van der Waals surface area contributed by atoms with E-state index in [9.17, 15) is 4.79 Å². The number of benzene rings is 1. The van der Waals surface area contributed by atoms with Gasteiger partial charge in [-0.1, -0.05) is 11.6 Å². The molecule has 0 radical (unpaired) electrons. The first-order valence-electron chi connectivity index (χ1n) is 11.0. The molecular formula is C24H32ClN3O3. The summed E-state index contributed by atoms with van der Waals surface area (Å²) in [6.07, 6.45) is 6.21. The summed E-state index contributed by atoms with van der Waals surface area (Å²) >= 11 is 5.93. The Kier molecular flexibility index (Phi) is 8.55. The lowest BCUT2D eigenvalue weighted by atomic mass is 9.92. The second-order valence-corrected chi connectivity index (χ2v) is 8.60. The normalized spacial score (nSPS) is 14.5. The smallest absolute Gasteiger partial charge is 0.251 e. The van der Waals surface area contributed by atoms with Crippen molar-refractivity contribution in [2.24, 2.45) is 5.92 Å². The van der Waals surface area contributed by atoms with Crippen molar-refractivity contribution in [1.82, 2.24) is 10.3 Å². The standard InChI is InChI=1S/C24H32ClN3O3/c1-17-14-21(15-18(2)23(17)24(30)26-9-12-29)31-13-3-4-19-7-10-28(11-8-19)22-6-5-20(25)16-27-22/h5-6,14-16,19,29H,3-4,7-13H2,1-2H3,(H,26,30). The third-order valence-corrected chi connectivity index (χ3v) is 6.03. The van der Waals surface area contributed by atoms with Crippen LogP contribution in [0.4, 0.5) is 5.82 Å². The zero-order chi connectivity index (χ0) is 22.2. The highest BCUT2D eigenvalue weighted by Gasteiger charge is 2.20. The van der Waals surface area contributed by atoms with Crippen LogP contribution in [0.2, 0.25) is 5.02 Å². The highest BCUT2D eigenvalue weighted by atomic mass is 35.5. The third-order valence-electron chi connectivity index (χ3n) is 5.81. The van der Waals surface area contributed by atoms with E-state index >= 15 is 0 Å². The van der Waals surface area contributed by atoms with Crippen LogP contribution in [0.3, 0.4) is 0 Å². The average molecular weight is 446 g/mol. The highest BCUT2D eigenvalue weighted by Crippen LogP contribution is 2.26. The fraction of sp³-hybridized carbons (Fsp3) is 0.500. The van der Waals surface area contributed by atoms with Crippen LogP contribution in [0, 0.1) is 19.8 Å². The summed E-state index contributed by atoms with van der Waals surface area (Å²) in [5, 5.41) is 12.3. The van der Waals surface area contributed by atoms with Crippen LogP contribution in [-0.4, -0.2) is 48.8 Å². The van der Waals surface area contributed by atoms with Gasteiger partial charge in [-0.05, 0) is 80.8 Å². The number of aromatic nitrogens is 1. The van der Waals surface area contributed by atoms with Crippen LogP contribution in [0.1, 0.15) is 47.2 Å². The van der Waals surface area contributed by atoms with Gasteiger partial charge in [-0.2, -0.15) is 0 Å². The quantitative estimate of drug-likeness (QED) is 0.567. The van der Waals surface area contributed by atoms with Crippen LogP contribution in [-0.2, 0) is 0 Å². The Morgan fingerprint density at radius 1 is 1.26 bits per heavy atom. The number of hydrogen-bond donors (Lipinski definition) is 2. The van der Waals surface area contributed by atoms with Crippen molar-refractivity contribution in [3.05, 3.63) is 52.2 Å². The predicted molar refractivity (Wildman–Crippen MR) is 124 cm³/mol. The minimum atomic E-state index is -0.157. The zero-order valence-electron chi connectivity index (χ0n) is 18.4. The van der Waals surface area contributed by atoms with E-state index < -0.39 is 0 Å². The number of amides is 1. The van der Waals surface area contributed by atoms with Gasteiger partial charge < -0.3 is 20.1 Å². The lowest BCUT2D eigenvalue weighted by Gasteiger charge is -2.32. The molecule has 2 heterocycles. The molecule has 1 amide bonds. The van der Waals surface area contributed by atoms with E-state index in [0.717, 1.165) is 48.6 Å². The molecule has 0 aliphatic carbocycles. The Hall–Kier alpha value is -2.31. The number of piperidine rings is 1. The summed E-state index contributed by atoms with van der Waals surface area (Å²) in [5.74, 6) is 2.37. The number of rotatable bonds is 9. The fourth-order valence-corrected chi connectivity index (χ4v) is 4.30. The molecule has 3 rings (SSSR count). The maximum absolute atomic E-state index is 12.2. The second-order valence-electron chi connectivity index (χ2n) is 8.17. The van der Waals surface area contributed by atoms with Gasteiger partial charge in [0.2, 0.25) is 0 Å². The molecule has 0 saturated carbocycles. The van der Waals surface area contributed by atoms with Crippen LogP contribution < -0.4 is 15.0 Å². The number of ether oxygens (including phenoxy) is 1. The molecule has 0 bridgehead atoms. The Morgan fingerprint density at radius 3 is 2.58 bits per heavy atom. The predicted octanol–water partition coefficient (Wildman–Crippen LogP) is 4.15. The molecule has 0 spiro atoms. The number of anilines is 1. The summed E-state index contributed by atoms with van der Waals surface area (Å²) in [6, 6.07) is 7.71. The second kappa shape index (κ2) is 11.3. The Morgan fingerprint density at radius 2 is 1.97 bits per heavy atom. The first-order chi connectivity index (χ1) is 15.0. The van der Waals surface area contributed by atoms with Gasteiger partial charge in [-0.3, -0.25) is 4.79 Å². The number of carbonyl (C=O) groups is 1. The zero-order valence-corrected chi connectivity index (χ0v) is 19.1. The lowest BCUT2D eigenvalue weighted by molar-refractivity contribution is 0.0943. The summed E-state index contributed by atoms with van der Waals surface area (Å²) < 4.78 is 5.97. The Balaban J connectivity index is 1.41. The third kappa shape index (κ3) is 6.58. The Bertz CT molecular complexity index is 842. The summed E-state index contributed by atoms with van der Waals surface area (Å²) in [7, 11) is 0. The van der Waals surface area contributed by atoms with Gasteiger partial charge in [0.25, 0.3) is 5.91 Å². The van der Waals surface area contributed by atoms with Crippen molar-refractivity contribution in [2.45, 2.75) is 39.5 Å². The van der Waals surface area contributed by atoms with Crippen molar-refractivity contribution < 1.29 is 14.6 Å². The number of halogens is 1. The van der Waals surface area contributed by atoms with Crippen molar-refractivity contribution in [3.63, 3.8) is 0 Å². The van der Waals surface area contributed by atoms with E-state index in [1.54, 1.807) is 6.20 Å². The number of hydrogen-bond acceptors (Lipinski definition) is 5. The first-order valence-corrected chi connectivity index (χ1v) is 11.4. The molecule has 1 fully saturated rings. The molecule has 2 N–H and O–H groups in total. The van der Waals surface area contributed by atoms with Gasteiger partial charge in [0.1, 0.15) is 11.6 Å².